The minimum absolute atomic E-state index is 0. The van der Waals surface area contributed by atoms with Crippen LogP contribution in [0.15, 0.2) is 6.33 Å². The number of piperidine rings is 1. The third-order valence-electron chi connectivity index (χ3n) is 7.62. The summed E-state index contributed by atoms with van der Waals surface area (Å²) in [6.45, 7) is 1.22. The number of fused-ring (bicyclic) bond motifs is 1. The van der Waals surface area contributed by atoms with Gasteiger partial charge in [0.05, 0.1) is 6.33 Å². The van der Waals surface area contributed by atoms with Crippen LogP contribution in [0.3, 0.4) is 0 Å². The number of rotatable bonds is 6. The molecule has 0 atom stereocenters. The lowest BCUT2D eigenvalue weighted by Gasteiger charge is -2.32. The number of imidazole rings is 1. The fraction of sp³-hybridized carbons (Fsp3) is 0.680. The van der Waals surface area contributed by atoms with Gasteiger partial charge in [-0.05, 0) is 51.4 Å². The van der Waals surface area contributed by atoms with Crippen molar-refractivity contribution < 1.29 is 9.53 Å². The largest absolute Gasteiger partial charge is 0.436 e. The van der Waals surface area contributed by atoms with Gasteiger partial charge in [0.2, 0.25) is 5.95 Å². The van der Waals surface area contributed by atoms with E-state index in [0.29, 0.717) is 37.2 Å². The summed E-state index contributed by atoms with van der Waals surface area (Å²) in [6.07, 6.45) is 17.3. The lowest BCUT2D eigenvalue weighted by molar-refractivity contribution is 0.105. The summed E-state index contributed by atoms with van der Waals surface area (Å²) >= 11 is 0. The predicted octanol–water partition coefficient (Wildman–Crippen LogP) is 4.11. The van der Waals surface area contributed by atoms with E-state index in [1.807, 2.05) is 6.33 Å². The molecule has 0 spiro atoms. The number of carbonyl (C=O) groups is 1. The molecular formula is C25H38Cl2N8O2. The Morgan fingerprint density at radius 1 is 1.03 bits per heavy atom. The molecular weight excluding hydrogens is 515 g/mol. The summed E-state index contributed by atoms with van der Waals surface area (Å²) in [6, 6.07) is 1.26. The van der Waals surface area contributed by atoms with Crippen molar-refractivity contribution in [2.75, 3.05) is 30.3 Å². The van der Waals surface area contributed by atoms with Crippen molar-refractivity contribution in [3.8, 4) is 12.3 Å². The van der Waals surface area contributed by atoms with Gasteiger partial charge in [0, 0.05) is 37.3 Å². The molecule has 1 amide bonds. The molecule has 2 aromatic heterocycles. The van der Waals surface area contributed by atoms with Crippen molar-refractivity contribution >= 4 is 53.8 Å². The topological polar surface area (TPSA) is 123 Å². The molecule has 10 nitrogen and oxygen atoms in total. The van der Waals surface area contributed by atoms with Gasteiger partial charge in [-0.25, -0.2) is 9.78 Å². The Kier molecular flexibility index (Phi) is 10.5. The molecule has 0 radical (unpaired) electrons. The van der Waals surface area contributed by atoms with E-state index in [1.54, 1.807) is 4.90 Å². The van der Waals surface area contributed by atoms with E-state index < -0.39 is 0 Å². The maximum Gasteiger partial charge on any atom is 0.410 e. The van der Waals surface area contributed by atoms with Crippen LogP contribution in [0, 0.1) is 12.3 Å². The zero-order valence-electron chi connectivity index (χ0n) is 21.1. The zero-order valence-corrected chi connectivity index (χ0v) is 22.7. The van der Waals surface area contributed by atoms with Crippen LogP contribution in [0.4, 0.5) is 16.6 Å². The fourth-order valence-corrected chi connectivity index (χ4v) is 5.57. The van der Waals surface area contributed by atoms with Crippen LogP contribution in [0.25, 0.3) is 11.2 Å². The quantitative estimate of drug-likeness (QED) is 0.457. The number of halogens is 2. The summed E-state index contributed by atoms with van der Waals surface area (Å²) in [4.78, 5) is 28.4. The highest BCUT2D eigenvalue weighted by Crippen LogP contribution is 2.34. The highest BCUT2D eigenvalue weighted by atomic mass is 35.5. The summed E-state index contributed by atoms with van der Waals surface area (Å²) in [5.41, 5.74) is 7.80. The molecule has 3 heterocycles. The second-order valence-electron chi connectivity index (χ2n) is 10.1. The minimum Gasteiger partial charge on any atom is -0.436 e. The lowest BCUT2D eigenvalue weighted by Crippen LogP contribution is -2.42. The second kappa shape index (κ2) is 13.4. The Morgan fingerprint density at radius 3 is 2.38 bits per heavy atom. The number of carbonyl (C=O) groups excluding carboxylic acids is 1. The van der Waals surface area contributed by atoms with Gasteiger partial charge in [0.15, 0.2) is 23.6 Å². The zero-order chi connectivity index (χ0) is 24.2. The van der Waals surface area contributed by atoms with Crippen molar-refractivity contribution in [2.45, 2.75) is 88.4 Å². The molecule has 12 heteroatoms. The Labute approximate surface area is 230 Å². The minimum atomic E-state index is -0.347. The summed E-state index contributed by atoms with van der Waals surface area (Å²) in [7, 11) is 0. The van der Waals surface area contributed by atoms with E-state index in [1.165, 1.54) is 12.8 Å². The fourth-order valence-electron chi connectivity index (χ4n) is 5.57. The molecule has 2 saturated carbocycles. The Balaban J connectivity index is 0.00000190. The molecule has 0 unspecified atom stereocenters. The molecule has 4 N–H and O–H groups in total. The summed E-state index contributed by atoms with van der Waals surface area (Å²) in [5, 5.41) is 7.19. The Bertz CT molecular complexity index is 1070. The number of hydrogen-bond donors (Lipinski definition) is 3. The standard InChI is InChI=1S/C25H36N8O2.2ClH/c1-2-15-35-25(34)32-13-11-19(12-14-32)28-22-21-23(33(16-27-21)20-5-3-4-6-20)31-24(30-22)29-18-9-7-17(26)8-10-18;;/h1,16-20H,3-15,26H2,(H2,28,29,30,31);2*1H/t17-,18-;;. The van der Waals surface area contributed by atoms with Crippen LogP contribution in [-0.4, -0.2) is 68.3 Å². The third-order valence-corrected chi connectivity index (χ3v) is 7.62. The molecule has 37 heavy (non-hydrogen) atoms. The van der Waals surface area contributed by atoms with E-state index >= 15 is 0 Å². The lowest BCUT2D eigenvalue weighted by atomic mass is 9.92. The first-order valence-corrected chi connectivity index (χ1v) is 13.0. The molecule has 1 saturated heterocycles. The second-order valence-corrected chi connectivity index (χ2v) is 10.1. The number of nitrogens with one attached hydrogen (secondary N) is 2. The maximum atomic E-state index is 12.1. The average molecular weight is 554 g/mol. The molecule has 3 aliphatic rings. The Hall–Kier alpha value is -2.48. The first-order valence-electron chi connectivity index (χ1n) is 13.0. The van der Waals surface area contributed by atoms with Crippen LogP contribution >= 0.6 is 24.8 Å². The van der Waals surface area contributed by atoms with Gasteiger partial charge in [0.25, 0.3) is 0 Å². The van der Waals surface area contributed by atoms with Crippen LogP contribution in [0.1, 0.15) is 70.3 Å². The first-order chi connectivity index (χ1) is 17.1. The number of nitrogens with zero attached hydrogens (tertiary/aromatic N) is 5. The van der Waals surface area contributed by atoms with Gasteiger partial charge < -0.3 is 30.6 Å². The van der Waals surface area contributed by atoms with Crippen molar-refractivity contribution in [3.63, 3.8) is 0 Å². The van der Waals surface area contributed by atoms with Crippen LogP contribution in [0.2, 0.25) is 0 Å². The molecule has 204 valence electrons. The highest BCUT2D eigenvalue weighted by molar-refractivity contribution is 5.86. The number of ether oxygens (including phenoxy) is 1. The number of terminal acetylenes is 1. The van der Waals surface area contributed by atoms with Gasteiger partial charge in [-0.15, -0.1) is 31.2 Å². The van der Waals surface area contributed by atoms with Crippen LogP contribution in [-0.2, 0) is 4.74 Å². The molecule has 0 aromatic carbocycles. The molecule has 5 rings (SSSR count). The van der Waals surface area contributed by atoms with Gasteiger partial charge >= 0.3 is 6.09 Å². The van der Waals surface area contributed by atoms with E-state index in [4.69, 9.17) is 31.8 Å². The average Bonchev–Trinajstić information content (AvgIpc) is 3.54. The number of likely N-dealkylation sites (tertiary alicyclic amines) is 1. The van der Waals surface area contributed by atoms with Gasteiger partial charge in [-0.2, -0.15) is 9.97 Å². The molecule has 3 fully saturated rings. The van der Waals surface area contributed by atoms with Crippen molar-refractivity contribution in [1.29, 1.82) is 0 Å². The molecule has 1 aliphatic heterocycles. The van der Waals surface area contributed by atoms with Crippen molar-refractivity contribution in [1.82, 2.24) is 24.4 Å². The van der Waals surface area contributed by atoms with Gasteiger partial charge in [-0.3, -0.25) is 0 Å². The van der Waals surface area contributed by atoms with Crippen molar-refractivity contribution in [3.05, 3.63) is 6.33 Å². The molecule has 0 bridgehead atoms. The van der Waals surface area contributed by atoms with Crippen LogP contribution in [0.5, 0.6) is 0 Å². The predicted molar refractivity (Wildman–Crippen MR) is 150 cm³/mol. The highest BCUT2D eigenvalue weighted by Gasteiger charge is 2.27. The van der Waals surface area contributed by atoms with E-state index in [9.17, 15) is 4.79 Å². The first kappa shape index (κ1) is 29.1. The number of anilines is 2. The van der Waals surface area contributed by atoms with Gasteiger partial charge in [-0.1, -0.05) is 18.8 Å². The maximum absolute atomic E-state index is 12.1. The van der Waals surface area contributed by atoms with E-state index in [0.717, 1.165) is 68.3 Å². The van der Waals surface area contributed by atoms with Crippen LogP contribution < -0.4 is 16.4 Å². The third kappa shape index (κ3) is 6.89. The normalized spacial score (nSPS) is 22.5. The molecule has 2 aromatic rings. The summed E-state index contributed by atoms with van der Waals surface area (Å²) in [5.74, 6) is 3.75. The number of nitrogens with two attached hydrogens (primary N) is 1. The van der Waals surface area contributed by atoms with E-state index in [-0.39, 0.29) is 43.6 Å². The Morgan fingerprint density at radius 2 is 1.70 bits per heavy atom. The van der Waals surface area contributed by atoms with Gasteiger partial charge in [0.1, 0.15) is 0 Å². The SMILES string of the molecule is C#CCOC(=O)N1CCC(Nc2nc(N[C@H]3CC[C@H](N)CC3)nc3c2ncn3C2CCCC2)CC1.Cl.Cl. The molecule has 2 aliphatic carbocycles. The number of aromatic nitrogens is 4. The number of amides is 1. The van der Waals surface area contributed by atoms with Crippen molar-refractivity contribution in [2.24, 2.45) is 5.73 Å². The van der Waals surface area contributed by atoms with E-state index in [2.05, 4.69) is 21.1 Å². The monoisotopic (exact) mass is 552 g/mol. The number of hydrogen-bond acceptors (Lipinski definition) is 8. The smallest absolute Gasteiger partial charge is 0.410 e. The summed E-state index contributed by atoms with van der Waals surface area (Å²) < 4.78 is 7.31.